The molecule has 0 bridgehead atoms. The molecule has 0 spiro atoms. The highest BCUT2D eigenvalue weighted by atomic mass is 16.4. The summed E-state index contributed by atoms with van der Waals surface area (Å²) in [5, 5.41) is 22.2. The summed E-state index contributed by atoms with van der Waals surface area (Å²) >= 11 is 0. The van der Waals surface area contributed by atoms with E-state index in [1.165, 1.54) is 64.2 Å². The van der Waals surface area contributed by atoms with Crippen LogP contribution in [0.2, 0.25) is 0 Å². The highest BCUT2D eigenvalue weighted by molar-refractivity contribution is 5.76. The van der Waals surface area contributed by atoms with E-state index in [0.717, 1.165) is 12.8 Å². The lowest BCUT2D eigenvalue weighted by Gasteiger charge is -2.43. The maximum atomic E-state index is 11.8. The van der Waals surface area contributed by atoms with Gasteiger partial charge in [-0.05, 0) is 6.42 Å². The molecule has 1 atom stereocenters. The Morgan fingerprint density at radius 3 is 1.62 bits per heavy atom. The molecule has 0 saturated carbocycles. The van der Waals surface area contributed by atoms with Crippen LogP contribution in [-0.2, 0) is 4.79 Å². The second-order valence-corrected chi connectivity index (χ2v) is 8.47. The van der Waals surface area contributed by atoms with Gasteiger partial charge in [0.15, 0.2) is 0 Å². The summed E-state index contributed by atoms with van der Waals surface area (Å²) in [4.78, 5) is 11.8. The zero-order valence-corrected chi connectivity index (χ0v) is 17.9. The lowest BCUT2D eigenvalue weighted by atomic mass is 10.0. The summed E-state index contributed by atoms with van der Waals surface area (Å²) in [5.74, 6) is -0.891. The van der Waals surface area contributed by atoms with Gasteiger partial charge in [0.05, 0.1) is 34.2 Å². The number of nitrogens with one attached hydrogen (secondary N) is 1. The van der Waals surface area contributed by atoms with Crippen molar-refractivity contribution >= 4 is 5.97 Å². The molecule has 0 aliphatic heterocycles. The van der Waals surface area contributed by atoms with E-state index in [2.05, 4.69) is 12.2 Å². The van der Waals surface area contributed by atoms with Gasteiger partial charge in [-0.15, -0.1) is 0 Å². The topological polar surface area (TPSA) is 69.6 Å². The molecule has 0 amide bonds. The van der Waals surface area contributed by atoms with Crippen molar-refractivity contribution in [3.05, 3.63) is 0 Å². The maximum absolute atomic E-state index is 11.8. The monoisotopic (exact) mass is 373 g/mol. The number of quaternary nitrogens is 1. The number of carboxylic acid groups (broad SMARTS) is 1. The van der Waals surface area contributed by atoms with Crippen LogP contribution in [0.3, 0.4) is 0 Å². The number of unbranched alkanes of at least 4 members (excludes halogenated alkanes) is 11. The Morgan fingerprint density at radius 2 is 1.27 bits per heavy atom. The van der Waals surface area contributed by atoms with Crippen molar-refractivity contribution < 1.29 is 19.5 Å². The Hall–Kier alpha value is -0.650. The first kappa shape index (κ1) is 25.4. The summed E-state index contributed by atoms with van der Waals surface area (Å²) in [6, 6.07) is 0. The fourth-order valence-corrected chi connectivity index (χ4v) is 3.55. The molecule has 3 N–H and O–H groups in total. The molecule has 0 aliphatic carbocycles. The van der Waals surface area contributed by atoms with E-state index >= 15 is 0 Å². The summed E-state index contributed by atoms with van der Waals surface area (Å²) in [6.07, 6.45) is 15.8. The van der Waals surface area contributed by atoms with Gasteiger partial charge < -0.3 is 14.7 Å². The number of hydrogen-bond donors (Lipinski definition) is 3. The van der Waals surface area contributed by atoms with Crippen molar-refractivity contribution in [3.63, 3.8) is 0 Å². The van der Waals surface area contributed by atoms with Gasteiger partial charge in [-0.3, -0.25) is 5.32 Å². The van der Waals surface area contributed by atoms with Gasteiger partial charge in [0.1, 0.15) is 0 Å². The predicted octanol–water partition coefficient (Wildman–Crippen LogP) is 4.15. The molecule has 0 aliphatic rings. The van der Waals surface area contributed by atoms with Crippen molar-refractivity contribution in [2.75, 3.05) is 34.3 Å². The Morgan fingerprint density at radius 1 is 0.846 bits per heavy atom. The largest absolute Gasteiger partial charge is 0.476 e. The summed E-state index contributed by atoms with van der Waals surface area (Å²) in [5.41, 5.74) is -1.12. The second-order valence-electron chi connectivity index (χ2n) is 8.47. The zero-order chi connectivity index (χ0) is 19.9. The van der Waals surface area contributed by atoms with Gasteiger partial charge in [0, 0.05) is 6.54 Å². The predicted molar refractivity (Wildman–Crippen MR) is 109 cm³/mol. The molecule has 26 heavy (non-hydrogen) atoms. The van der Waals surface area contributed by atoms with Crippen molar-refractivity contribution in [2.24, 2.45) is 0 Å². The van der Waals surface area contributed by atoms with E-state index in [-0.39, 0.29) is 17.5 Å². The fourth-order valence-electron chi connectivity index (χ4n) is 3.55. The van der Waals surface area contributed by atoms with Gasteiger partial charge in [-0.1, -0.05) is 77.6 Å². The molecule has 0 aromatic heterocycles. The van der Waals surface area contributed by atoms with E-state index in [1.807, 2.05) is 21.1 Å². The molecular weight excluding hydrogens is 328 g/mol. The Labute approximate surface area is 161 Å². The molecule has 0 heterocycles. The number of rotatable bonds is 18. The molecule has 0 fully saturated rings. The number of aliphatic hydroxyl groups excluding tert-OH is 1. The Balaban J connectivity index is 3.82. The van der Waals surface area contributed by atoms with Gasteiger partial charge >= 0.3 is 5.97 Å². The van der Waals surface area contributed by atoms with Gasteiger partial charge in [-0.2, -0.15) is 0 Å². The molecule has 1 unspecified atom stereocenters. The number of nitrogens with zero attached hydrogens (tertiary/aromatic N) is 1. The smallest absolute Gasteiger partial charge is 0.382 e. The normalized spacial score (nSPS) is 14.3. The fraction of sp³-hybridized carbons (Fsp3) is 0.952. The number of carboxylic acids is 1. The van der Waals surface area contributed by atoms with Crippen LogP contribution in [-0.4, -0.2) is 60.6 Å². The van der Waals surface area contributed by atoms with E-state index in [4.69, 9.17) is 0 Å². The van der Waals surface area contributed by atoms with Crippen LogP contribution in [0.1, 0.15) is 90.4 Å². The third-order valence-corrected chi connectivity index (χ3v) is 5.42. The van der Waals surface area contributed by atoms with Crippen LogP contribution in [0.25, 0.3) is 0 Å². The number of aliphatic carboxylic acids is 1. The zero-order valence-electron chi connectivity index (χ0n) is 17.9. The maximum Gasteiger partial charge on any atom is 0.382 e. The quantitative estimate of drug-likeness (QED) is 0.192. The van der Waals surface area contributed by atoms with Crippen LogP contribution in [0, 0.1) is 0 Å². The van der Waals surface area contributed by atoms with E-state index in [1.54, 1.807) is 0 Å². The first-order valence-electron chi connectivity index (χ1n) is 10.7. The van der Waals surface area contributed by atoms with Crippen LogP contribution in [0.5, 0.6) is 0 Å². The average Bonchev–Trinajstić information content (AvgIpc) is 2.56. The first-order chi connectivity index (χ1) is 12.3. The Kier molecular flexibility index (Phi) is 14.1. The highest BCUT2D eigenvalue weighted by Crippen LogP contribution is 2.21. The Bertz CT molecular complexity index is 356. The number of aliphatic hydroxyl groups is 1. The average molecular weight is 374 g/mol. The van der Waals surface area contributed by atoms with Crippen LogP contribution < -0.4 is 5.32 Å². The third-order valence-electron chi connectivity index (χ3n) is 5.42. The molecule has 0 saturated heterocycles. The SMILES string of the molecule is CCCCCCCCCCCCCCNC(CCO)(C(=O)O)[N+](C)(C)C. The van der Waals surface area contributed by atoms with Crippen LogP contribution in [0.15, 0.2) is 0 Å². The number of hydrogen-bond acceptors (Lipinski definition) is 3. The highest BCUT2D eigenvalue weighted by Gasteiger charge is 2.49. The second kappa shape index (κ2) is 14.4. The van der Waals surface area contributed by atoms with E-state index in [9.17, 15) is 15.0 Å². The van der Waals surface area contributed by atoms with Gasteiger partial charge in [0.25, 0.3) is 5.66 Å². The molecule has 0 aromatic carbocycles. The number of likely N-dealkylation sites (N-methyl/N-ethyl adjacent to an activating group) is 1. The molecular formula is C21H45N2O3+. The minimum Gasteiger partial charge on any atom is -0.476 e. The first-order valence-corrected chi connectivity index (χ1v) is 10.7. The van der Waals surface area contributed by atoms with Crippen molar-refractivity contribution in [1.82, 2.24) is 5.32 Å². The van der Waals surface area contributed by atoms with Crippen molar-refractivity contribution in [2.45, 2.75) is 96.1 Å². The van der Waals surface area contributed by atoms with Crippen molar-refractivity contribution in [1.29, 1.82) is 0 Å². The lowest BCUT2D eigenvalue weighted by molar-refractivity contribution is -0.918. The summed E-state index contributed by atoms with van der Waals surface area (Å²) in [7, 11) is 5.58. The minimum atomic E-state index is -1.12. The molecule has 0 radical (unpaired) electrons. The summed E-state index contributed by atoms with van der Waals surface area (Å²) in [6.45, 7) is 2.80. The van der Waals surface area contributed by atoms with Crippen LogP contribution >= 0.6 is 0 Å². The van der Waals surface area contributed by atoms with Gasteiger partial charge in [0.2, 0.25) is 0 Å². The standard InChI is InChI=1S/C21H44N2O3/c1-5-6-7-8-9-10-11-12-13-14-15-16-18-22-21(17-19-24,20(25)26)23(2,3)4/h22,24H,5-19H2,1-4H3/p+1. The van der Waals surface area contributed by atoms with E-state index < -0.39 is 11.6 Å². The molecule has 0 rings (SSSR count). The minimum absolute atomic E-state index is 0.132. The van der Waals surface area contributed by atoms with E-state index in [0.29, 0.717) is 6.54 Å². The van der Waals surface area contributed by atoms with Crippen LogP contribution in [0.4, 0.5) is 0 Å². The molecule has 5 nitrogen and oxygen atoms in total. The van der Waals surface area contributed by atoms with Crippen molar-refractivity contribution in [3.8, 4) is 0 Å². The van der Waals surface area contributed by atoms with Gasteiger partial charge in [-0.25, -0.2) is 4.79 Å². The lowest BCUT2D eigenvalue weighted by Crippen LogP contribution is -2.70. The third kappa shape index (κ3) is 9.89. The molecule has 156 valence electrons. The number of carbonyl (C=O) groups is 1. The molecule has 5 heteroatoms. The molecule has 0 aromatic rings. The summed E-state index contributed by atoms with van der Waals surface area (Å²) < 4.78 is 0.251.